The number of nitrogens with one attached hydrogen (secondary N) is 2. The van der Waals surface area contributed by atoms with Crippen molar-refractivity contribution in [3.05, 3.63) is 40.5 Å². The lowest BCUT2D eigenvalue weighted by molar-refractivity contribution is 0.0957. The average Bonchev–Trinajstić information content (AvgIpc) is 3.15. The van der Waals surface area contributed by atoms with Gasteiger partial charge >= 0.3 is 0 Å². The van der Waals surface area contributed by atoms with Gasteiger partial charge in [-0.1, -0.05) is 6.07 Å². The van der Waals surface area contributed by atoms with Crippen LogP contribution >= 0.6 is 35.3 Å². The number of guanidine groups is 1. The topological polar surface area (TPSA) is 85.7 Å². The zero-order valence-corrected chi connectivity index (χ0v) is 19.2. The van der Waals surface area contributed by atoms with Crippen molar-refractivity contribution in [2.24, 2.45) is 4.99 Å². The predicted molar refractivity (Wildman–Crippen MR) is 124 cm³/mol. The number of anilines is 1. The van der Waals surface area contributed by atoms with Crippen molar-refractivity contribution in [2.75, 3.05) is 51.2 Å². The molecule has 0 aliphatic carbocycles. The molecule has 0 atom stereocenters. The lowest BCUT2D eigenvalue weighted by Crippen LogP contribution is -2.53. The van der Waals surface area contributed by atoms with Crippen LogP contribution in [0.15, 0.2) is 34.9 Å². The van der Waals surface area contributed by atoms with E-state index in [1.165, 1.54) is 11.3 Å². The van der Waals surface area contributed by atoms with Crippen LogP contribution in [-0.2, 0) is 0 Å². The van der Waals surface area contributed by atoms with Gasteiger partial charge in [-0.05, 0) is 19.1 Å². The van der Waals surface area contributed by atoms with Crippen LogP contribution < -0.4 is 15.5 Å². The number of aryl methyl sites for hydroxylation is 1. The van der Waals surface area contributed by atoms with E-state index >= 15 is 0 Å². The summed E-state index contributed by atoms with van der Waals surface area (Å²) in [6.07, 6.45) is 1.82. The number of piperazine rings is 1. The molecule has 2 aromatic heterocycles. The largest absolute Gasteiger partial charge is 0.354 e. The molecule has 1 fully saturated rings. The summed E-state index contributed by atoms with van der Waals surface area (Å²) in [5.41, 5.74) is 2.46. The minimum atomic E-state index is -0.0734. The molecule has 1 saturated heterocycles. The van der Waals surface area contributed by atoms with E-state index in [1.54, 1.807) is 12.6 Å². The fourth-order valence-electron chi connectivity index (χ4n) is 2.97. The summed E-state index contributed by atoms with van der Waals surface area (Å²) in [7, 11) is 1.78. The van der Waals surface area contributed by atoms with E-state index in [2.05, 4.69) is 35.4 Å². The first-order valence-corrected chi connectivity index (χ1v) is 9.87. The Morgan fingerprint density at radius 1 is 1.18 bits per heavy atom. The van der Waals surface area contributed by atoms with E-state index in [-0.39, 0.29) is 29.9 Å². The molecule has 8 nitrogen and oxygen atoms in total. The number of aromatic nitrogens is 2. The second-order valence-corrected chi connectivity index (χ2v) is 7.01. The van der Waals surface area contributed by atoms with Gasteiger partial charge in [0.25, 0.3) is 5.91 Å². The van der Waals surface area contributed by atoms with Crippen LogP contribution in [-0.4, -0.2) is 73.1 Å². The molecule has 1 aliphatic heterocycles. The van der Waals surface area contributed by atoms with Crippen molar-refractivity contribution in [1.82, 2.24) is 25.5 Å². The smallest absolute Gasteiger partial charge is 0.263 e. The van der Waals surface area contributed by atoms with Crippen LogP contribution in [0.25, 0.3) is 0 Å². The number of hydrogen-bond acceptors (Lipinski definition) is 6. The summed E-state index contributed by atoms with van der Waals surface area (Å²) in [4.78, 5) is 30.2. The number of carbonyl (C=O) groups is 1. The highest BCUT2D eigenvalue weighted by molar-refractivity contribution is 14.0. The van der Waals surface area contributed by atoms with E-state index < -0.39 is 0 Å². The fourth-order valence-corrected chi connectivity index (χ4v) is 3.69. The molecule has 152 valence electrons. The summed E-state index contributed by atoms with van der Waals surface area (Å²) < 4.78 is 0. The molecule has 0 bridgehead atoms. The quantitative estimate of drug-likeness (QED) is 0.273. The third-order valence-corrected chi connectivity index (χ3v) is 5.34. The van der Waals surface area contributed by atoms with Crippen molar-refractivity contribution in [1.29, 1.82) is 0 Å². The third-order valence-electron chi connectivity index (χ3n) is 4.41. The SMILES string of the molecule is CN=C(NCCNC(=O)c1scnc1C)N1CCN(c2ccccn2)CC1.I. The standard InChI is InChI=1S/C18H25N7OS.HI/c1-14-16(27-13-23-14)17(26)21-7-8-22-18(19-2)25-11-9-24(10-12-25)15-5-3-4-6-20-15;/h3-6,13H,7-12H2,1-2H3,(H,19,22)(H,21,26);1H. The Hall–Kier alpha value is -1.95. The van der Waals surface area contributed by atoms with Crippen molar-refractivity contribution >= 4 is 53.0 Å². The Kier molecular flexibility index (Phi) is 8.90. The van der Waals surface area contributed by atoms with Crippen LogP contribution in [0, 0.1) is 6.92 Å². The number of amides is 1. The molecule has 1 amide bonds. The maximum atomic E-state index is 12.1. The van der Waals surface area contributed by atoms with Gasteiger partial charge in [0.15, 0.2) is 5.96 Å². The van der Waals surface area contributed by atoms with Crippen molar-refractivity contribution in [2.45, 2.75) is 6.92 Å². The number of hydrogen-bond donors (Lipinski definition) is 2. The molecule has 0 saturated carbocycles. The molecule has 0 unspecified atom stereocenters. The van der Waals surface area contributed by atoms with Crippen LogP contribution in [0.3, 0.4) is 0 Å². The molecule has 3 heterocycles. The fraction of sp³-hybridized carbons (Fsp3) is 0.444. The molecule has 3 rings (SSSR count). The van der Waals surface area contributed by atoms with Gasteiger partial charge in [0.05, 0.1) is 11.2 Å². The van der Waals surface area contributed by atoms with Crippen LogP contribution in [0.2, 0.25) is 0 Å². The van der Waals surface area contributed by atoms with Crippen molar-refractivity contribution in [3.8, 4) is 0 Å². The first kappa shape index (κ1) is 22.3. The molecular weight excluding hydrogens is 489 g/mol. The van der Waals surface area contributed by atoms with E-state index in [0.717, 1.165) is 43.7 Å². The lowest BCUT2D eigenvalue weighted by atomic mass is 10.3. The Morgan fingerprint density at radius 3 is 2.54 bits per heavy atom. The number of nitrogens with zero attached hydrogens (tertiary/aromatic N) is 5. The van der Waals surface area contributed by atoms with Gasteiger partial charge in [-0.2, -0.15) is 0 Å². The summed E-state index contributed by atoms with van der Waals surface area (Å²) in [6.45, 7) is 6.56. The Morgan fingerprint density at radius 2 is 1.93 bits per heavy atom. The van der Waals surface area contributed by atoms with E-state index in [4.69, 9.17) is 0 Å². The molecule has 2 aromatic rings. The Labute approximate surface area is 186 Å². The van der Waals surface area contributed by atoms with Crippen molar-refractivity contribution in [3.63, 3.8) is 0 Å². The summed E-state index contributed by atoms with van der Waals surface area (Å²) in [5.74, 6) is 1.80. The first-order chi connectivity index (χ1) is 13.2. The second-order valence-electron chi connectivity index (χ2n) is 6.16. The highest BCUT2D eigenvalue weighted by atomic mass is 127. The maximum absolute atomic E-state index is 12.1. The summed E-state index contributed by atoms with van der Waals surface area (Å²) in [6, 6.07) is 5.98. The van der Waals surface area contributed by atoms with Crippen LogP contribution in [0.1, 0.15) is 15.4 Å². The normalized spacial score (nSPS) is 14.4. The van der Waals surface area contributed by atoms with Gasteiger partial charge in [-0.15, -0.1) is 35.3 Å². The lowest BCUT2D eigenvalue weighted by Gasteiger charge is -2.37. The predicted octanol–water partition coefficient (Wildman–Crippen LogP) is 1.59. The number of carbonyl (C=O) groups excluding carboxylic acids is 1. The Bertz CT molecular complexity index is 775. The molecule has 0 aromatic carbocycles. The van der Waals surface area contributed by atoms with Gasteiger partial charge in [-0.3, -0.25) is 9.79 Å². The maximum Gasteiger partial charge on any atom is 0.263 e. The van der Waals surface area contributed by atoms with E-state index in [9.17, 15) is 4.79 Å². The van der Waals surface area contributed by atoms with Gasteiger partial charge in [0.2, 0.25) is 0 Å². The number of rotatable bonds is 5. The van der Waals surface area contributed by atoms with Crippen molar-refractivity contribution < 1.29 is 4.79 Å². The first-order valence-electron chi connectivity index (χ1n) is 8.99. The Balaban J connectivity index is 0.00000280. The molecule has 2 N–H and O–H groups in total. The van der Waals surface area contributed by atoms with Gasteiger partial charge in [0, 0.05) is 52.5 Å². The summed E-state index contributed by atoms with van der Waals surface area (Å²) in [5, 5.41) is 6.24. The summed E-state index contributed by atoms with van der Waals surface area (Å²) >= 11 is 1.36. The molecule has 0 radical (unpaired) electrons. The van der Waals surface area contributed by atoms with Crippen LogP contribution in [0.4, 0.5) is 5.82 Å². The highest BCUT2D eigenvalue weighted by Gasteiger charge is 2.20. The minimum Gasteiger partial charge on any atom is -0.354 e. The van der Waals surface area contributed by atoms with Gasteiger partial charge < -0.3 is 20.4 Å². The number of halogens is 1. The number of pyridine rings is 1. The second kappa shape index (κ2) is 11.1. The van der Waals surface area contributed by atoms with Crippen LogP contribution in [0.5, 0.6) is 0 Å². The minimum absolute atomic E-state index is 0. The van der Waals surface area contributed by atoms with Gasteiger partial charge in [0.1, 0.15) is 10.7 Å². The molecule has 28 heavy (non-hydrogen) atoms. The third kappa shape index (κ3) is 5.77. The molecule has 1 aliphatic rings. The molecule has 10 heteroatoms. The number of aliphatic imine (C=N–C) groups is 1. The molecule has 0 spiro atoms. The number of thiazole rings is 1. The zero-order chi connectivity index (χ0) is 19.1. The zero-order valence-electron chi connectivity index (χ0n) is 16.1. The molecular formula is C18H26IN7OS. The average molecular weight is 515 g/mol. The van der Waals surface area contributed by atoms with E-state index in [0.29, 0.717) is 18.0 Å². The van der Waals surface area contributed by atoms with Gasteiger partial charge in [-0.25, -0.2) is 9.97 Å². The highest BCUT2D eigenvalue weighted by Crippen LogP contribution is 2.13. The monoisotopic (exact) mass is 515 g/mol. The van der Waals surface area contributed by atoms with E-state index in [1.807, 2.05) is 31.3 Å².